The summed E-state index contributed by atoms with van der Waals surface area (Å²) in [7, 11) is 0. The van der Waals surface area contributed by atoms with Gasteiger partial charge in [0.05, 0.1) is 12.3 Å². The number of nitrogens with one attached hydrogen (secondary N) is 1. The van der Waals surface area contributed by atoms with E-state index in [4.69, 9.17) is 21.9 Å². The summed E-state index contributed by atoms with van der Waals surface area (Å²) in [5.41, 5.74) is 7.97. The first-order valence-corrected chi connectivity index (χ1v) is 6.95. The molecule has 1 aromatic heterocycles. The number of benzene rings is 1. The fraction of sp³-hybridized carbons (Fsp3) is 0.333. The third kappa shape index (κ3) is 2.54. The van der Waals surface area contributed by atoms with Crippen molar-refractivity contribution in [2.45, 2.75) is 31.7 Å². The van der Waals surface area contributed by atoms with Crippen LogP contribution in [0.15, 0.2) is 34.9 Å². The first kappa shape index (κ1) is 12.7. The molecule has 1 aliphatic rings. The molecule has 0 bridgehead atoms. The molecule has 4 heteroatoms. The second kappa shape index (κ2) is 5.37. The highest BCUT2D eigenvalue weighted by Crippen LogP contribution is 2.28. The van der Waals surface area contributed by atoms with Gasteiger partial charge in [-0.05, 0) is 60.0 Å². The first-order valence-electron chi connectivity index (χ1n) is 6.57. The van der Waals surface area contributed by atoms with Crippen LogP contribution in [0.5, 0.6) is 0 Å². The summed E-state index contributed by atoms with van der Waals surface area (Å²) in [6.45, 7) is 0. The molecule has 0 amide bonds. The van der Waals surface area contributed by atoms with E-state index in [1.54, 1.807) is 6.26 Å². The van der Waals surface area contributed by atoms with E-state index >= 15 is 0 Å². The van der Waals surface area contributed by atoms with Crippen LogP contribution in [0.3, 0.4) is 0 Å². The molecule has 1 aliphatic carbocycles. The lowest BCUT2D eigenvalue weighted by Gasteiger charge is -2.15. The molecule has 0 saturated carbocycles. The highest BCUT2D eigenvalue weighted by atomic mass is 35.5. The quantitative estimate of drug-likeness (QED) is 0.666. The van der Waals surface area contributed by atoms with Gasteiger partial charge in [0.2, 0.25) is 0 Å². The number of furan rings is 1. The number of hydrogen-bond acceptors (Lipinski definition) is 3. The second-order valence-electron chi connectivity index (χ2n) is 5.03. The van der Waals surface area contributed by atoms with Gasteiger partial charge >= 0.3 is 0 Å². The third-order valence-corrected chi connectivity index (χ3v) is 4.13. The molecular weight excluding hydrogens is 260 g/mol. The smallest absolute Gasteiger partial charge is 0.197 e. The molecule has 3 rings (SSSR count). The van der Waals surface area contributed by atoms with Gasteiger partial charge in [0, 0.05) is 5.56 Å². The second-order valence-corrected chi connectivity index (χ2v) is 5.37. The van der Waals surface area contributed by atoms with Crippen LogP contribution in [-0.4, -0.2) is 0 Å². The summed E-state index contributed by atoms with van der Waals surface area (Å²) in [4.78, 5) is 0. The molecule has 2 aromatic rings. The van der Waals surface area contributed by atoms with E-state index in [1.165, 1.54) is 36.0 Å². The average Bonchev–Trinajstić information content (AvgIpc) is 3.04. The molecule has 0 radical (unpaired) electrons. The Morgan fingerprint density at radius 3 is 2.84 bits per heavy atom. The highest BCUT2D eigenvalue weighted by Gasteiger charge is 2.17. The van der Waals surface area contributed by atoms with Crippen molar-refractivity contribution in [1.82, 2.24) is 5.43 Å². The predicted molar refractivity (Wildman–Crippen MR) is 76.0 cm³/mol. The zero-order valence-electron chi connectivity index (χ0n) is 10.7. The number of hydrazine groups is 1. The lowest BCUT2D eigenvalue weighted by molar-refractivity contribution is 0.527. The molecule has 1 unspecified atom stereocenters. The maximum atomic E-state index is 6.01. The third-order valence-electron chi connectivity index (χ3n) is 3.83. The number of nitrogens with two attached hydrogens (primary N) is 1. The molecule has 1 heterocycles. The van der Waals surface area contributed by atoms with E-state index in [0.29, 0.717) is 5.22 Å². The monoisotopic (exact) mass is 276 g/mol. The van der Waals surface area contributed by atoms with E-state index in [9.17, 15) is 0 Å². The Morgan fingerprint density at radius 1 is 1.26 bits per heavy atom. The average molecular weight is 277 g/mol. The number of aryl methyl sites for hydroxylation is 2. The molecule has 0 fully saturated rings. The standard InChI is InChI=1S/C15H17ClN2O/c16-15-13(6-7-19-15)14(18-17)9-10-4-5-11-2-1-3-12(11)8-10/h4-8,14,18H,1-3,9,17H2. The number of rotatable bonds is 4. The minimum absolute atomic E-state index is 0.0225. The topological polar surface area (TPSA) is 51.2 Å². The van der Waals surface area contributed by atoms with E-state index in [0.717, 1.165) is 12.0 Å². The lowest BCUT2D eigenvalue weighted by atomic mass is 9.98. The van der Waals surface area contributed by atoms with Crippen molar-refractivity contribution < 1.29 is 4.42 Å². The van der Waals surface area contributed by atoms with Crippen LogP contribution in [0, 0.1) is 0 Å². The van der Waals surface area contributed by atoms with Crippen molar-refractivity contribution >= 4 is 11.6 Å². The maximum absolute atomic E-state index is 6.01. The maximum Gasteiger partial charge on any atom is 0.197 e. The van der Waals surface area contributed by atoms with Gasteiger partial charge in [-0.15, -0.1) is 0 Å². The van der Waals surface area contributed by atoms with Gasteiger partial charge in [-0.3, -0.25) is 11.3 Å². The van der Waals surface area contributed by atoms with Crippen LogP contribution in [0.2, 0.25) is 5.22 Å². The highest BCUT2D eigenvalue weighted by molar-refractivity contribution is 6.29. The zero-order chi connectivity index (χ0) is 13.2. The van der Waals surface area contributed by atoms with E-state index in [2.05, 4.69) is 23.6 Å². The molecule has 19 heavy (non-hydrogen) atoms. The Morgan fingerprint density at radius 2 is 2.11 bits per heavy atom. The van der Waals surface area contributed by atoms with Crippen molar-refractivity contribution in [1.29, 1.82) is 0 Å². The summed E-state index contributed by atoms with van der Waals surface area (Å²) >= 11 is 6.01. The van der Waals surface area contributed by atoms with Crippen molar-refractivity contribution in [3.63, 3.8) is 0 Å². The molecule has 1 atom stereocenters. The van der Waals surface area contributed by atoms with Gasteiger partial charge in [0.15, 0.2) is 5.22 Å². The Kier molecular flexibility index (Phi) is 3.60. The summed E-state index contributed by atoms with van der Waals surface area (Å²) < 4.78 is 5.13. The van der Waals surface area contributed by atoms with E-state index in [-0.39, 0.29) is 6.04 Å². The molecule has 3 nitrogen and oxygen atoms in total. The van der Waals surface area contributed by atoms with Gasteiger partial charge in [-0.1, -0.05) is 18.2 Å². The van der Waals surface area contributed by atoms with Crippen LogP contribution in [0.1, 0.15) is 34.7 Å². The Hall–Kier alpha value is -1.29. The van der Waals surface area contributed by atoms with Gasteiger partial charge in [0.25, 0.3) is 0 Å². The summed E-state index contributed by atoms with van der Waals surface area (Å²) in [6, 6.07) is 8.55. The largest absolute Gasteiger partial charge is 0.453 e. The summed E-state index contributed by atoms with van der Waals surface area (Å²) in [6.07, 6.45) is 6.07. The Labute approximate surface area is 117 Å². The van der Waals surface area contributed by atoms with Crippen LogP contribution >= 0.6 is 11.6 Å². The molecule has 0 saturated heterocycles. The molecule has 100 valence electrons. The zero-order valence-corrected chi connectivity index (χ0v) is 11.4. The van der Waals surface area contributed by atoms with E-state index in [1.807, 2.05) is 6.07 Å². The van der Waals surface area contributed by atoms with Crippen molar-refractivity contribution in [2.75, 3.05) is 0 Å². The van der Waals surface area contributed by atoms with Crippen molar-refractivity contribution in [3.8, 4) is 0 Å². The number of hydrogen-bond donors (Lipinski definition) is 2. The predicted octanol–water partition coefficient (Wildman–Crippen LogP) is 3.17. The van der Waals surface area contributed by atoms with Crippen LogP contribution in [-0.2, 0) is 19.3 Å². The minimum Gasteiger partial charge on any atom is -0.453 e. The fourth-order valence-electron chi connectivity index (χ4n) is 2.80. The normalized spacial score (nSPS) is 15.5. The van der Waals surface area contributed by atoms with Gasteiger partial charge in [0.1, 0.15) is 0 Å². The van der Waals surface area contributed by atoms with E-state index < -0.39 is 0 Å². The van der Waals surface area contributed by atoms with Gasteiger partial charge in [-0.25, -0.2) is 0 Å². The first-order chi connectivity index (χ1) is 9.28. The molecule has 1 aromatic carbocycles. The van der Waals surface area contributed by atoms with Gasteiger partial charge in [-0.2, -0.15) is 0 Å². The van der Waals surface area contributed by atoms with Crippen molar-refractivity contribution in [3.05, 3.63) is 58.0 Å². The molecule has 3 N–H and O–H groups in total. The number of fused-ring (bicyclic) bond motifs is 1. The Bertz CT molecular complexity index is 579. The fourth-order valence-corrected chi connectivity index (χ4v) is 3.05. The van der Waals surface area contributed by atoms with Crippen LogP contribution in [0.25, 0.3) is 0 Å². The SMILES string of the molecule is NNC(Cc1ccc2c(c1)CCC2)c1ccoc1Cl. The van der Waals surface area contributed by atoms with Gasteiger partial charge < -0.3 is 4.42 Å². The van der Waals surface area contributed by atoms with Crippen LogP contribution < -0.4 is 11.3 Å². The van der Waals surface area contributed by atoms with Crippen LogP contribution in [0.4, 0.5) is 0 Å². The molecule has 0 aliphatic heterocycles. The Balaban J connectivity index is 1.81. The van der Waals surface area contributed by atoms with Crippen molar-refractivity contribution in [2.24, 2.45) is 5.84 Å². The summed E-state index contributed by atoms with van der Waals surface area (Å²) in [5.74, 6) is 5.64. The minimum atomic E-state index is -0.0225. The number of halogens is 1. The molecule has 0 spiro atoms. The molecular formula is C15H17ClN2O. The summed E-state index contributed by atoms with van der Waals surface area (Å²) in [5, 5.41) is 0.407. The lowest BCUT2D eigenvalue weighted by Crippen LogP contribution is -2.29.